The van der Waals surface area contributed by atoms with Crippen LogP contribution < -0.4 is 19.2 Å². The standard InChI is InChI=1S/C20H24FN3O5S/c1-5-16(14-10-11-18(28-2)19(12-14)29-3)22-23-20(25)13-24(30(4,26)27)17-9-7-6-8-15(17)21/h6-12H,5,13H2,1-4H3,(H,23,25)/b22-16-. The summed E-state index contributed by atoms with van der Waals surface area (Å²) in [5.74, 6) is -0.409. The third kappa shape index (κ3) is 5.69. The van der Waals surface area contributed by atoms with Crippen LogP contribution in [-0.4, -0.2) is 47.1 Å². The summed E-state index contributed by atoms with van der Waals surface area (Å²) >= 11 is 0. The minimum Gasteiger partial charge on any atom is -0.493 e. The van der Waals surface area contributed by atoms with Crippen LogP contribution in [0.15, 0.2) is 47.6 Å². The lowest BCUT2D eigenvalue weighted by atomic mass is 10.1. The lowest BCUT2D eigenvalue weighted by molar-refractivity contribution is -0.119. The molecular formula is C20H24FN3O5S. The Kier molecular flexibility index (Phi) is 7.76. The third-order valence-electron chi connectivity index (χ3n) is 4.18. The molecule has 162 valence electrons. The third-order valence-corrected chi connectivity index (χ3v) is 5.30. The van der Waals surface area contributed by atoms with E-state index in [-0.39, 0.29) is 5.69 Å². The van der Waals surface area contributed by atoms with Gasteiger partial charge in [0.2, 0.25) is 10.0 Å². The van der Waals surface area contributed by atoms with Gasteiger partial charge in [-0.05, 0) is 36.8 Å². The fourth-order valence-corrected chi connectivity index (χ4v) is 3.55. The minimum absolute atomic E-state index is 0.213. The van der Waals surface area contributed by atoms with E-state index in [1.807, 2.05) is 6.92 Å². The van der Waals surface area contributed by atoms with Gasteiger partial charge in [-0.25, -0.2) is 18.2 Å². The number of sulfonamides is 1. The number of nitrogens with one attached hydrogen (secondary N) is 1. The normalized spacial score (nSPS) is 11.7. The number of amides is 1. The Morgan fingerprint density at radius 2 is 1.80 bits per heavy atom. The van der Waals surface area contributed by atoms with Crippen molar-refractivity contribution in [3.63, 3.8) is 0 Å². The number of hydrazone groups is 1. The monoisotopic (exact) mass is 437 g/mol. The first-order valence-electron chi connectivity index (χ1n) is 9.01. The van der Waals surface area contributed by atoms with E-state index in [0.717, 1.165) is 12.3 Å². The van der Waals surface area contributed by atoms with Crippen molar-refractivity contribution in [3.05, 3.63) is 53.8 Å². The molecule has 0 fully saturated rings. The Morgan fingerprint density at radius 1 is 1.13 bits per heavy atom. The molecule has 0 saturated carbocycles. The first kappa shape index (κ1) is 23.1. The van der Waals surface area contributed by atoms with Gasteiger partial charge in [-0.1, -0.05) is 19.1 Å². The largest absolute Gasteiger partial charge is 0.493 e. The molecule has 30 heavy (non-hydrogen) atoms. The molecule has 1 amide bonds. The fraction of sp³-hybridized carbons (Fsp3) is 0.300. The van der Waals surface area contributed by atoms with Crippen LogP contribution >= 0.6 is 0 Å². The number of methoxy groups -OCH3 is 2. The molecule has 2 rings (SSSR count). The number of carbonyl (C=O) groups is 1. The van der Waals surface area contributed by atoms with Gasteiger partial charge in [-0.2, -0.15) is 5.10 Å². The molecule has 2 aromatic rings. The molecule has 0 bridgehead atoms. The van der Waals surface area contributed by atoms with Crippen LogP contribution in [0.3, 0.4) is 0 Å². The zero-order valence-electron chi connectivity index (χ0n) is 17.2. The molecule has 0 aliphatic heterocycles. The summed E-state index contributed by atoms with van der Waals surface area (Å²) in [5.41, 5.74) is 3.37. The van der Waals surface area contributed by atoms with Crippen molar-refractivity contribution >= 4 is 27.3 Å². The number of benzene rings is 2. The smallest absolute Gasteiger partial charge is 0.260 e. The Morgan fingerprint density at radius 3 is 2.37 bits per heavy atom. The Hall–Kier alpha value is -3.14. The molecule has 0 saturated heterocycles. The van der Waals surface area contributed by atoms with Crippen LogP contribution in [-0.2, 0) is 14.8 Å². The summed E-state index contributed by atoms with van der Waals surface area (Å²) < 4.78 is 49.4. The highest BCUT2D eigenvalue weighted by molar-refractivity contribution is 7.92. The number of ether oxygens (including phenoxy) is 2. The van der Waals surface area contributed by atoms with Crippen LogP contribution in [0.4, 0.5) is 10.1 Å². The molecule has 0 spiro atoms. The molecule has 1 N–H and O–H groups in total. The van der Waals surface area contributed by atoms with Crippen LogP contribution in [0.25, 0.3) is 0 Å². The number of carbonyl (C=O) groups excluding carboxylic acids is 1. The van der Waals surface area contributed by atoms with Crippen molar-refractivity contribution in [1.82, 2.24) is 5.43 Å². The summed E-state index contributed by atoms with van der Waals surface area (Å²) in [6.45, 7) is 1.23. The number of hydrogen-bond donors (Lipinski definition) is 1. The number of rotatable bonds is 9. The molecular weight excluding hydrogens is 413 g/mol. The highest BCUT2D eigenvalue weighted by Crippen LogP contribution is 2.28. The first-order chi connectivity index (χ1) is 14.2. The summed E-state index contributed by atoms with van der Waals surface area (Å²) in [6, 6.07) is 10.5. The van der Waals surface area contributed by atoms with Crippen LogP contribution in [0.1, 0.15) is 18.9 Å². The van der Waals surface area contributed by atoms with Crippen molar-refractivity contribution < 1.29 is 27.1 Å². The Balaban J connectivity index is 2.22. The Labute approximate surface area is 175 Å². The zero-order chi connectivity index (χ0) is 22.3. The predicted octanol–water partition coefficient (Wildman–Crippen LogP) is 2.54. The van der Waals surface area contributed by atoms with E-state index in [2.05, 4.69) is 10.5 Å². The lowest BCUT2D eigenvalue weighted by Crippen LogP contribution is -2.39. The van der Waals surface area contributed by atoms with Gasteiger partial charge in [0, 0.05) is 5.56 Å². The summed E-state index contributed by atoms with van der Waals surface area (Å²) in [7, 11) is -0.863. The molecule has 0 aliphatic carbocycles. The van der Waals surface area contributed by atoms with Gasteiger partial charge in [0.25, 0.3) is 5.91 Å². The maximum Gasteiger partial charge on any atom is 0.260 e. The second-order valence-corrected chi connectivity index (χ2v) is 8.14. The quantitative estimate of drug-likeness (QED) is 0.480. The van der Waals surface area contributed by atoms with Gasteiger partial charge >= 0.3 is 0 Å². The molecule has 8 nitrogen and oxygen atoms in total. The number of halogens is 1. The lowest BCUT2D eigenvalue weighted by Gasteiger charge is -2.21. The van der Waals surface area contributed by atoms with Gasteiger partial charge < -0.3 is 9.47 Å². The van der Waals surface area contributed by atoms with E-state index in [1.54, 1.807) is 18.2 Å². The second-order valence-electron chi connectivity index (χ2n) is 6.24. The van der Waals surface area contributed by atoms with E-state index in [1.165, 1.54) is 32.4 Å². The average Bonchev–Trinajstić information content (AvgIpc) is 2.72. The molecule has 0 radical (unpaired) electrons. The number of para-hydroxylation sites is 1. The number of hydrogen-bond acceptors (Lipinski definition) is 6. The van der Waals surface area contributed by atoms with Crippen molar-refractivity contribution in [2.75, 3.05) is 31.3 Å². The number of anilines is 1. The summed E-state index contributed by atoms with van der Waals surface area (Å²) in [4.78, 5) is 12.4. The molecule has 2 aromatic carbocycles. The average molecular weight is 437 g/mol. The van der Waals surface area contributed by atoms with E-state index < -0.39 is 28.3 Å². The van der Waals surface area contributed by atoms with Crippen molar-refractivity contribution in [3.8, 4) is 11.5 Å². The van der Waals surface area contributed by atoms with Crippen LogP contribution in [0.5, 0.6) is 11.5 Å². The van der Waals surface area contributed by atoms with Gasteiger partial charge in [0.05, 0.1) is 31.9 Å². The van der Waals surface area contributed by atoms with Gasteiger partial charge in [0.1, 0.15) is 12.4 Å². The Bertz CT molecular complexity index is 1040. The van der Waals surface area contributed by atoms with Gasteiger partial charge in [-0.3, -0.25) is 9.10 Å². The molecule has 10 heteroatoms. The van der Waals surface area contributed by atoms with E-state index in [9.17, 15) is 17.6 Å². The SMILES string of the molecule is CC/C(=N/NC(=O)CN(c1ccccc1F)S(C)(=O)=O)c1ccc(OC)c(OC)c1. The highest BCUT2D eigenvalue weighted by Gasteiger charge is 2.23. The van der Waals surface area contributed by atoms with Crippen molar-refractivity contribution in [1.29, 1.82) is 0 Å². The van der Waals surface area contributed by atoms with E-state index >= 15 is 0 Å². The van der Waals surface area contributed by atoms with Crippen LogP contribution in [0, 0.1) is 5.82 Å². The molecule has 0 aromatic heterocycles. The maximum atomic E-state index is 14.1. The summed E-state index contributed by atoms with van der Waals surface area (Å²) in [6.07, 6.45) is 1.38. The molecule has 0 aliphatic rings. The van der Waals surface area contributed by atoms with Crippen molar-refractivity contribution in [2.24, 2.45) is 5.10 Å². The number of nitrogens with zero attached hydrogens (tertiary/aromatic N) is 2. The van der Waals surface area contributed by atoms with Crippen LogP contribution in [0.2, 0.25) is 0 Å². The van der Waals surface area contributed by atoms with Crippen molar-refractivity contribution in [2.45, 2.75) is 13.3 Å². The first-order valence-corrected chi connectivity index (χ1v) is 10.9. The van der Waals surface area contributed by atoms with Gasteiger partial charge in [-0.15, -0.1) is 0 Å². The second kappa shape index (κ2) is 10.1. The van der Waals surface area contributed by atoms with E-state index in [4.69, 9.17) is 9.47 Å². The predicted molar refractivity (Wildman–Crippen MR) is 113 cm³/mol. The topological polar surface area (TPSA) is 97.3 Å². The zero-order valence-corrected chi connectivity index (χ0v) is 18.0. The van der Waals surface area contributed by atoms with E-state index in [0.29, 0.717) is 33.5 Å². The molecule has 0 unspecified atom stereocenters. The summed E-state index contributed by atoms with van der Waals surface area (Å²) in [5, 5.41) is 4.10. The minimum atomic E-state index is -3.89. The van der Waals surface area contributed by atoms with Gasteiger partial charge in [0.15, 0.2) is 11.5 Å². The fourth-order valence-electron chi connectivity index (χ4n) is 2.69. The maximum absolute atomic E-state index is 14.1. The highest BCUT2D eigenvalue weighted by atomic mass is 32.2. The molecule has 0 atom stereocenters. The molecule has 0 heterocycles.